The molecule has 0 radical (unpaired) electrons. The molecule has 0 heterocycles. The Balaban J connectivity index is 2.21. The van der Waals surface area contributed by atoms with Crippen molar-refractivity contribution in [3.8, 4) is 0 Å². The van der Waals surface area contributed by atoms with E-state index in [1.165, 1.54) is 5.56 Å². The molecule has 1 aliphatic rings. The maximum Gasteiger partial charge on any atom is 0.166 e. The van der Waals surface area contributed by atoms with Crippen molar-refractivity contribution in [2.45, 2.75) is 19.8 Å². The number of fused-ring (bicyclic) bond motifs is 1. The second-order valence-corrected chi connectivity index (χ2v) is 3.73. The Bertz CT molecular complexity index is 377. The van der Waals surface area contributed by atoms with Crippen LogP contribution in [0.4, 0.5) is 0 Å². The quantitative estimate of drug-likeness (QED) is 0.649. The molecular weight excluding hydrogens is 172 g/mol. The summed E-state index contributed by atoms with van der Waals surface area (Å²) in [6.07, 6.45) is 5.88. The van der Waals surface area contributed by atoms with Gasteiger partial charge >= 0.3 is 0 Å². The summed E-state index contributed by atoms with van der Waals surface area (Å²) < 4.78 is 0. The molecule has 1 aromatic carbocycles. The molecule has 1 aliphatic carbocycles. The zero-order chi connectivity index (χ0) is 9.97. The molecule has 0 amide bonds. The molecule has 72 valence electrons. The fourth-order valence-corrected chi connectivity index (χ4v) is 2.01. The lowest BCUT2D eigenvalue weighted by molar-refractivity contribution is 0.0938. The van der Waals surface area contributed by atoms with Crippen molar-refractivity contribution in [3.05, 3.63) is 47.5 Å². The van der Waals surface area contributed by atoms with Crippen molar-refractivity contribution in [2.75, 3.05) is 0 Å². The molecule has 0 saturated heterocycles. The highest BCUT2D eigenvalue weighted by atomic mass is 16.1. The van der Waals surface area contributed by atoms with Crippen LogP contribution in [-0.4, -0.2) is 5.78 Å². The smallest absolute Gasteiger partial charge is 0.166 e. The van der Waals surface area contributed by atoms with Gasteiger partial charge in [-0.15, -0.1) is 0 Å². The first-order chi connectivity index (χ1) is 6.83. The van der Waals surface area contributed by atoms with E-state index in [0.29, 0.717) is 5.78 Å². The number of carbonyl (C=O) groups is 1. The number of carbonyl (C=O) groups excluding carboxylic acids is 1. The fraction of sp³-hybridized carbons (Fsp3) is 0.308. The Morgan fingerprint density at radius 3 is 2.93 bits per heavy atom. The van der Waals surface area contributed by atoms with Crippen LogP contribution >= 0.6 is 0 Å². The lowest BCUT2D eigenvalue weighted by Gasteiger charge is -2.01. The molecule has 14 heavy (non-hydrogen) atoms. The molecule has 0 spiro atoms. The van der Waals surface area contributed by atoms with Gasteiger partial charge in [0.05, 0.1) is 0 Å². The van der Waals surface area contributed by atoms with E-state index in [1.807, 2.05) is 31.2 Å². The molecule has 0 unspecified atom stereocenters. The van der Waals surface area contributed by atoms with Crippen molar-refractivity contribution in [2.24, 2.45) is 5.92 Å². The number of benzene rings is 1. The highest BCUT2D eigenvalue weighted by Gasteiger charge is 2.28. The third-order valence-corrected chi connectivity index (χ3v) is 2.78. The van der Waals surface area contributed by atoms with Crippen LogP contribution in [-0.2, 0) is 6.42 Å². The van der Waals surface area contributed by atoms with Crippen LogP contribution in [0.5, 0.6) is 0 Å². The minimum Gasteiger partial charge on any atom is -0.294 e. The summed E-state index contributed by atoms with van der Waals surface area (Å²) in [4.78, 5) is 11.9. The van der Waals surface area contributed by atoms with Gasteiger partial charge < -0.3 is 0 Å². The molecule has 1 atom stereocenters. The standard InChI is InChI=1S/C13H14O/c1-2-3-6-11-9-10-7-4-5-8-12(10)13(11)14/h2-5,7-8,11H,6,9H2,1H3/t11-/m0/s1. The minimum absolute atomic E-state index is 0.184. The summed E-state index contributed by atoms with van der Waals surface area (Å²) in [5.41, 5.74) is 2.15. The van der Waals surface area contributed by atoms with Crippen LogP contribution in [0.25, 0.3) is 0 Å². The van der Waals surface area contributed by atoms with Gasteiger partial charge in [0.15, 0.2) is 5.78 Å². The van der Waals surface area contributed by atoms with Gasteiger partial charge in [0, 0.05) is 11.5 Å². The average molecular weight is 186 g/mol. The van der Waals surface area contributed by atoms with Gasteiger partial charge in [-0.2, -0.15) is 0 Å². The maximum absolute atomic E-state index is 11.9. The van der Waals surface area contributed by atoms with Crippen LogP contribution in [0, 0.1) is 5.92 Å². The van der Waals surface area contributed by atoms with Gasteiger partial charge in [0.1, 0.15) is 0 Å². The normalized spacial score (nSPS) is 20.4. The predicted octanol–water partition coefficient (Wildman–Crippen LogP) is 3.01. The number of ketones is 1. The lowest BCUT2D eigenvalue weighted by atomic mass is 10.0. The molecule has 0 aromatic heterocycles. The monoisotopic (exact) mass is 186 g/mol. The largest absolute Gasteiger partial charge is 0.294 e. The molecule has 1 heteroatoms. The van der Waals surface area contributed by atoms with Crippen molar-refractivity contribution in [3.63, 3.8) is 0 Å². The molecule has 0 N–H and O–H groups in total. The van der Waals surface area contributed by atoms with E-state index in [4.69, 9.17) is 0 Å². The topological polar surface area (TPSA) is 17.1 Å². The molecule has 0 fully saturated rings. The Hall–Kier alpha value is -1.37. The Morgan fingerprint density at radius 1 is 1.43 bits per heavy atom. The fourth-order valence-electron chi connectivity index (χ4n) is 2.01. The Labute approximate surface area is 84.5 Å². The zero-order valence-electron chi connectivity index (χ0n) is 8.36. The maximum atomic E-state index is 11.9. The first kappa shape index (κ1) is 9.20. The van der Waals surface area contributed by atoms with E-state index in [9.17, 15) is 4.79 Å². The van der Waals surface area contributed by atoms with E-state index in [2.05, 4.69) is 12.1 Å². The third-order valence-electron chi connectivity index (χ3n) is 2.78. The van der Waals surface area contributed by atoms with Crippen molar-refractivity contribution < 1.29 is 4.79 Å². The average Bonchev–Trinajstić information content (AvgIpc) is 2.54. The van der Waals surface area contributed by atoms with Crippen LogP contribution < -0.4 is 0 Å². The van der Waals surface area contributed by atoms with Gasteiger partial charge in [0.25, 0.3) is 0 Å². The third kappa shape index (κ3) is 1.50. The number of hydrogen-bond acceptors (Lipinski definition) is 1. The molecule has 2 rings (SSSR count). The van der Waals surface area contributed by atoms with E-state index in [-0.39, 0.29) is 5.92 Å². The van der Waals surface area contributed by atoms with Gasteiger partial charge in [0.2, 0.25) is 0 Å². The number of Topliss-reactive ketones (excluding diaryl/α,β-unsaturated/α-hetero) is 1. The molecule has 1 nitrogen and oxygen atoms in total. The SMILES string of the molecule is CC=CC[C@H]1Cc2ccccc2C1=O. The van der Waals surface area contributed by atoms with Crippen LogP contribution in [0.3, 0.4) is 0 Å². The highest BCUT2D eigenvalue weighted by molar-refractivity contribution is 6.02. The van der Waals surface area contributed by atoms with Gasteiger partial charge in [-0.05, 0) is 25.3 Å². The first-order valence-corrected chi connectivity index (χ1v) is 5.06. The number of rotatable bonds is 2. The summed E-state index contributed by atoms with van der Waals surface area (Å²) >= 11 is 0. The number of allylic oxidation sites excluding steroid dienone is 2. The van der Waals surface area contributed by atoms with Crippen LogP contribution in [0.15, 0.2) is 36.4 Å². The molecular formula is C13H14O. The zero-order valence-corrected chi connectivity index (χ0v) is 8.36. The summed E-state index contributed by atoms with van der Waals surface area (Å²) in [6, 6.07) is 7.94. The second-order valence-electron chi connectivity index (χ2n) is 3.73. The van der Waals surface area contributed by atoms with Crippen molar-refractivity contribution in [1.29, 1.82) is 0 Å². The summed E-state index contributed by atoms with van der Waals surface area (Å²) in [5.74, 6) is 0.502. The van der Waals surface area contributed by atoms with E-state index < -0.39 is 0 Å². The highest BCUT2D eigenvalue weighted by Crippen LogP contribution is 2.28. The molecule has 1 aromatic rings. The second kappa shape index (κ2) is 3.79. The van der Waals surface area contributed by atoms with Crippen LogP contribution in [0.2, 0.25) is 0 Å². The van der Waals surface area contributed by atoms with Gasteiger partial charge in [-0.1, -0.05) is 36.4 Å². The van der Waals surface area contributed by atoms with Gasteiger partial charge in [-0.25, -0.2) is 0 Å². The first-order valence-electron chi connectivity index (χ1n) is 5.06. The van der Waals surface area contributed by atoms with E-state index in [0.717, 1.165) is 18.4 Å². The van der Waals surface area contributed by atoms with Crippen molar-refractivity contribution in [1.82, 2.24) is 0 Å². The lowest BCUT2D eigenvalue weighted by Crippen LogP contribution is -2.07. The predicted molar refractivity (Wildman–Crippen MR) is 57.4 cm³/mol. The molecule has 0 bridgehead atoms. The molecule has 0 saturated carbocycles. The molecule has 0 aliphatic heterocycles. The van der Waals surface area contributed by atoms with Crippen LogP contribution in [0.1, 0.15) is 29.3 Å². The minimum atomic E-state index is 0.184. The summed E-state index contributed by atoms with van der Waals surface area (Å²) in [6.45, 7) is 1.99. The Kier molecular flexibility index (Phi) is 2.49. The van der Waals surface area contributed by atoms with Gasteiger partial charge in [-0.3, -0.25) is 4.79 Å². The van der Waals surface area contributed by atoms with E-state index in [1.54, 1.807) is 0 Å². The van der Waals surface area contributed by atoms with E-state index >= 15 is 0 Å². The summed E-state index contributed by atoms with van der Waals surface area (Å²) in [5, 5.41) is 0. The number of hydrogen-bond donors (Lipinski definition) is 0. The van der Waals surface area contributed by atoms with Crippen molar-refractivity contribution >= 4 is 5.78 Å². The Morgan fingerprint density at radius 2 is 2.21 bits per heavy atom. The summed E-state index contributed by atoms with van der Waals surface area (Å²) in [7, 11) is 0.